The van der Waals surface area contributed by atoms with Gasteiger partial charge in [-0.2, -0.15) is 0 Å². The molecule has 2 heterocycles. The number of rotatable bonds is 5. The minimum absolute atomic E-state index is 0.0568. The molecule has 3 atom stereocenters. The zero-order chi connectivity index (χ0) is 18.9. The summed E-state index contributed by atoms with van der Waals surface area (Å²) in [5, 5.41) is 17.1. The van der Waals surface area contributed by atoms with Gasteiger partial charge in [-0.3, -0.25) is 9.59 Å². The second kappa shape index (κ2) is 7.62. The number of aryl methyl sites for hydroxylation is 2. The van der Waals surface area contributed by atoms with Gasteiger partial charge in [-0.15, -0.1) is 11.3 Å². The van der Waals surface area contributed by atoms with Crippen LogP contribution in [0.1, 0.15) is 41.8 Å². The van der Waals surface area contributed by atoms with Crippen molar-refractivity contribution < 1.29 is 19.4 Å². The SMILES string of the molecule is Cc1nc(CNC(=O)[C@H]2CC[C@@H](NC(=O)C3(C)COC3)[C@H](O)C2)sc1C. The smallest absolute Gasteiger partial charge is 0.230 e. The largest absolute Gasteiger partial charge is 0.391 e. The summed E-state index contributed by atoms with van der Waals surface area (Å²) in [5.74, 6) is -0.369. The first-order chi connectivity index (χ1) is 12.3. The van der Waals surface area contributed by atoms with E-state index in [9.17, 15) is 14.7 Å². The van der Waals surface area contributed by atoms with Gasteiger partial charge in [0.2, 0.25) is 11.8 Å². The third kappa shape index (κ3) is 4.07. The number of aliphatic hydroxyl groups excluding tert-OH is 1. The van der Waals surface area contributed by atoms with Crippen LogP contribution in [0.15, 0.2) is 0 Å². The Morgan fingerprint density at radius 3 is 2.62 bits per heavy atom. The van der Waals surface area contributed by atoms with E-state index in [0.29, 0.717) is 39.0 Å². The van der Waals surface area contributed by atoms with Crippen molar-refractivity contribution in [1.82, 2.24) is 15.6 Å². The lowest BCUT2D eigenvalue weighted by atomic mass is 9.81. The summed E-state index contributed by atoms with van der Waals surface area (Å²) < 4.78 is 5.12. The van der Waals surface area contributed by atoms with Crippen LogP contribution in [-0.4, -0.2) is 47.3 Å². The van der Waals surface area contributed by atoms with E-state index in [4.69, 9.17) is 4.74 Å². The summed E-state index contributed by atoms with van der Waals surface area (Å²) in [4.78, 5) is 30.3. The van der Waals surface area contributed by atoms with Crippen LogP contribution in [0.4, 0.5) is 0 Å². The monoisotopic (exact) mass is 381 g/mol. The molecule has 2 amide bonds. The van der Waals surface area contributed by atoms with Gasteiger partial charge >= 0.3 is 0 Å². The van der Waals surface area contributed by atoms with Crippen molar-refractivity contribution >= 4 is 23.2 Å². The molecule has 2 fully saturated rings. The first kappa shape index (κ1) is 19.3. The first-order valence-electron chi connectivity index (χ1n) is 9.06. The van der Waals surface area contributed by atoms with Gasteiger partial charge in [-0.25, -0.2) is 4.98 Å². The van der Waals surface area contributed by atoms with Crippen LogP contribution in [0.5, 0.6) is 0 Å². The van der Waals surface area contributed by atoms with Gasteiger partial charge < -0.3 is 20.5 Å². The highest BCUT2D eigenvalue weighted by molar-refractivity contribution is 7.11. The summed E-state index contributed by atoms with van der Waals surface area (Å²) in [6.07, 6.45) is 0.895. The van der Waals surface area contributed by atoms with Gasteiger partial charge in [0.05, 0.1) is 43.0 Å². The van der Waals surface area contributed by atoms with E-state index < -0.39 is 11.5 Å². The number of hydrogen-bond acceptors (Lipinski definition) is 6. The molecule has 1 saturated heterocycles. The third-order valence-electron chi connectivity index (χ3n) is 5.38. The number of nitrogens with zero attached hydrogens (tertiary/aromatic N) is 1. The number of aliphatic hydroxyl groups is 1. The van der Waals surface area contributed by atoms with E-state index in [0.717, 1.165) is 15.6 Å². The van der Waals surface area contributed by atoms with Gasteiger partial charge in [0.1, 0.15) is 5.01 Å². The fourth-order valence-corrected chi connectivity index (χ4v) is 4.23. The summed E-state index contributed by atoms with van der Waals surface area (Å²) in [7, 11) is 0. The number of carbonyl (C=O) groups excluding carboxylic acids is 2. The van der Waals surface area contributed by atoms with Gasteiger partial charge in [-0.05, 0) is 40.0 Å². The highest BCUT2D eigenvalue weighted by Crippen LogP contribution is 2.29. The summed E-state index contributed by atoms with van der Waals surface area (Å²) in [6, 6.07) is -0.298. The Hall–Kier alpha value is -1.51. The molecule has 0 unspecified atom stereocenters. The number of thiazole rings is 1. The van der Waals surface area contributed by atoms with Crippen molar-refractivity contribution in [3.63, 3.8) is 0 Å². The summed E-state index contributed by atoms with van der Waals surface area (Å²) in [5.41, 5.74) is 0.509. The second-order valence-electron chi connectivity index (χ2n) is 7.68. The molecule has 0 radical (unpaired) electrons. The molecule has 26 heavy (non-hydrogen) atoms. The molecule has 1 saturated carbocycles. The summed E-state index contributed by atoms with van der Waals surface area (Å²) in [6.45, 7) is 7.09. The molecular formula is C18H27N3O4S. The third-order valence-corrected chi connectivity index (χ3v) is 6.45. The lowest BCUT2D eigenvalue weighted by Crippen LogP contribution is -2.57. The number of ether oxygens (including phenoxy) is 1. The zero-order valence-corrected chi connectivity index (χ0v) is 16.3. The predicted molar refractivity (Wildman–Crippen MR) is 97.6 cm³/mol. The topological polar surface area (TPSA) is 101 Å². The summed E-state index contributed by atoms with van der Waals surface area (Å²) >= 11 is 1.59. The lowest BCUT2D eigenvalue weighted by molar-refractivity contribution is -0.159. The molecule has 0 bridgehead atoms. The molecular weight excluding hydrogens is 354 g/mol. The number of hydrogen-bond donors (Lipinski definition) is 3. The lowest BCUT2D eigenvalue weighted by Gasteiger charge is -2.39. The van der Waals surface area contributed by atoms with E-state index in [1.807, 2.05) is 20.8 Å². The van der Waals surface area contributed by atoms with Gasteiger partial charge in [0, 0.05) is 10.8 Å². The normalized spacial score (nSPS) is 27.5. The van der Waals surface area contributed by atoms with Gasteiger partial charge in [0.25, 0.3) is 0 Å². The number of amides is 2. The highest BCUT2D eigenvalue weighted by Gasteiger charge is 2.43. The maximum absolute atomic E-state index is 12.4. The van der Waals surface area contributed by atoms with Crippen molar-refractivity contribution in [3.05, 3.63) is 15.6 Å². The predicted octanol–water partition coefficient (Wildman–Crippen LogP) is 1.06. The number of carbonyl (C=O) groups is 2. The number of nitrogens with one attached hydrogen (secondary N) is 2. The Labute approximate surface area is 157 Å². The first-order valence-corrected chi connectivity index (χ1v) is 9.87. The van der Waals surface area contributed by atoms with E-state index in [-0.39, 0.29) is 23.8 Å². The second-order valence-corrected chi connectivity index (χ2v) is 8.97. The van der Waals surface area contributed by atoms with Crippen LogP contribution in [0.25, 0.3) is 0 Å². The average Bonchev–Trinajstić information content (AvgIpc) is 2.90. The van der Waals surface area contributed by atoms with Crippen molar-refractivity contribution in [3.8, 4) is 0 Å². The molecule has 1 aliphatic heterocycles. The molecule has 1 aliphatic carbocycles. The Morgan fingerprint density at radius 2 is 2.08 bits per heavy atom. The molecule has 2 aliphatic rings. The standard InChI is InChI=1S/C18H27N3O4S/c1-10-11(2)26-15(20-10)7-19-16(23)12-4-5-13(14(22)6-12)21-17(24)18(3)8-25-9-18/h12-14,22H,4-9H2,1-3H3,(H,19,23)(H,21,24)/t12-,13+,14+/m0/s1. The molecule has 8 heteroatoms. The molecule has 144 valence electrons. The maximum atomic E-state index is 12.4. The van der Waals surface area contributed by atoms with Crippen LogP contribution in [0.3, 0.4) is 0 Å². The highest BCUT2D eigenvalue weighted by atomic mass is 32.1. The molecule has 1 aromatic heterocycles. The Balaban J connectivity index is 1.46. The van der Waals surface area contributed by atoms with Gasteiger partial charge in [-0.1, -0.05) is 0 Å². The fourth-order valence-electron chi connectivity index (χ4n) is 3.36. The molecule has 3 rings (SSSR count). The van der Waals surface area contributed by atoms with Gasteiger partial charge in [0.15, 0.2) is 0 Å². The van der Waals surface area contributed by atoms with Crippen LogP contribution in [0.2, 0.25) is 0 Å². The molecule has 3 N–H and O–H groups in total. The zero-order valence-electron chi connectivity index (χ0n) is 15.5. The molecule has 0 aromatic carbocycles. The minimum atomic E-state index is -0.711. The van der Waals surface area contributed by atoms with Crippen molar-refractivity contribution in [1.29, 1.82) is 0 Å². The Kier molecular flexibility index (Phi) is 5.64. The van der Waals surface area contributed by atoms with E-state index >= 15 is 0 Å². The van der Waals surface area contributed by atoms with Crippen LogP contribution < -0.4 is 10.6 Å². The average molecular weight is 381 g/mol. The minimum Gasteiger partial charge on any atom is -0.391 e. The quantitative estimate of drug-likeness (QED) is 0.708. The fraction of sp³-hybridized carbons (Fsp3) is 0.722. The Morgan fingerprint density at radius 1 is 1.35 bits per heavy atom. The van der Waals surface area contributed by atoms with Crippen LogP contribution in [0, 0.1) is 25.2 Å². The maximum Gasteiger partial charge on any atom is 0.230 e. The van der Waals surface area contributed by atoms with Crippen molar-refractivity contribution in [2.45, 2.75) is 58.7 Å². The van der Waals surface area contributed by atoms with E-state index in [1.165, 1.54) is 0 Å². The molecule has 0 spiro atoms. The van der Waals surface area contributed by atoms with Crippen LogP contribution in [-0.2, 0) is 20.9 Å². The van der Waals surface area contributed by atoms with Crippen LogP contribution >= 0.6 is 11.3 Å². The molecule has 7 nitrogen and oxygen atoms in total. The van der Waals surface area contributed by atoms with Crippen molar-refractivity contribution in [2.75, 3.05) is 13.2 Å². The molecule has 1 aromatic rings. The van der Waals surface area contributed by atoms with E-state index in [2.05, 4.69) is 15.6 Å². The Bertz CT molecular complexity index is 666. The van der Waals surface area contributed by atoms with Crippen molar-refractivity contribution in [2.24, 2.45) is 11.3 Å². The van der Waals surface area contributed by atoms with E-state index in [1.54, 1.807) is 11.3 Å². The number of aromatic nitrogens is 1.